The lowest BCUT2D eigenvalue weighted by molar-refractivity contribution is 0.203. The largest absolute Gasteiger partial charge is 0.329 e. The monoisotopic (exact) mass is 307 g/mol. The summed E-state index contributed by atoms with van der Waals surface area (Å²) in [7, 11) is 0. The van der Waals surface area contributed by atoms with E-state index in [4.69, 9.17) is 17.3 Å². The fourth-order valence-corrected chi connectivity index (χ4v) is 2.66. The number of benzene rings is 1. The second-order valence-corrected chi connectivity index (χ2v) is 5.31. The summed E-state index contributed by atoms with van der Waals surface area (Å²) >= 11 is 5.95. The third-order valence-corrected chi connectivity index (χ3v) is 3.69. The van der Waals surface area contributed by atoms with Gasteiger partial charge in [-0.2, -0.15) is 0 Å². The van der Waals surface area contributed by atoms with Crippen LogP contribution in [0.15, 0.2) is 42.7 Å². The van der Waals surface area contributed by atoms with Gasteiger partial charge in [-0.25, -0.2) is 4.39 Å². The average molecular weight is 308 g/mol. The Kier molecular flexibility index (Phi) is 5.67. The summed E-state index contributed by atoms with van der Waals surface area (Å²) in [6.07, 6.45) is 3.53. The molecule has 21 heavy (non-hydrogen) atoms. The number of rotatable bonds is 6. The van der Waals surface area contributed by atoms with Gasteiger partial charge in [0.1, 0.15) is 5.82 Å². The maximum absolute atomic E-state index is 13.6. The zero-order valence-corrected chi connectivity index (χ0v) is 12.7. The molecule has 0 radical (unpaired) electrons. The highest BCUT2D eigenvalue weighted by atomic mass is 35.5. The molecule has 0 aliphatic heterocycles. The van der Waals surface area contributed by atoms with Gasteiger partial charge in [0.25, 0.3) is 0 Å². The summed E-state index contributed by atoms with van der Waals surface area (Å²) in [6.45, 7) is 4.00. The number of likely N-dealkylation sites (N-methyl/N-ethyl adjacent to an activating group) is 1. The molecule has 0 aliphatic rings. The minimum atomic E-state index is -0.337. The van der Waals surface area contributed by atoms with Gasteiger partial charge in [-0.3, -0.25) is 9.88 Å². The maximum atomic E-state index is 13.6. The Morgan fingerprint density at radius 2 is 2.00 bits per heavy atom. The number of hydrogen-bond acceptors (Lipinski definition) is 3. The molecule has 3 nitrogen and oxygen atoms in total. The molecule has 1 heterocycles. The van der Waals surface area contributed by atoms with Gasteiger partial charge in [0.15, 0.2) is 0 Å². The van der Waals surface area contributed by atoms with Crippen LogP contribution < -0.4 is 5.73 Å². The van der Waals surface area contributed by atoms with Gasteiger partial charge < -0.3 is 5.73 Å². The third-order valence-electron chi connectivity index (χ3n) is 3.47. The highest BCUT2D eigenvalue weighted by molar-refractivity contribution is 6.30. The molecule has 2 rings (SSSR count). The van der Waals surface area contributed by atoms with Gasteiger partial charge in [0.2, 0.25) is 0 Å². The van der Waals surface area contributed by atoms with Crippen molar-refractivity contribution >= 4 is 11.6 Å². The predicted octanol–water partition coefficient (Wildman–Crippen LogP) is 3.40. The Hall–Kier alpha value is -1.49. The van der Waals surface area contributed by atoms with Crippen molar-refractivity contribution in [3.8, 4) is 0 Å². The summed E-state index contributed by atoms with van der Waals surface area (Å²) in [5.74, 6) is -0.337. The van der Waals surface area contributed by atoms with Crippen LogP contribution in [0.2, 0.25) is 5.02 Å². The molecular formula is C16H19ClFN3. The minimum absolute atomic E-state index is 0.0728. The molecule has 0 saturated heterocycles. The predicted molar refractivity (Wildman–Crippen MR) is 83.5 cm³/mol. The zero-order chi connectivity index (χ0) is 15.2. The zero-order valence-electron chi connectivity index (χ0n) is 12.0. The molecular weight excluding hydrogens is 289 g/mol. The Bertz CT molecular complexity index is 557. The Morgan fingerprint density at radius 3 is 2.57 bits per heavy atom. The van der Waals surface area contributed by atoms with Crippen molar-refractivity contribution in [1.82, 2.24) is 9.88 Å². The van der Waals surface area contributed by atoms with Crippen molar-refractivity contribution in [3.05, 3.63) is 64.7 Å². The second kappa shape index (κ2) is 7.50. The number of halogens is 2. The number of nitrogens with zero attached hydrogens (tertiary/aromatic N) is 2. The van der Waals surface area contributed by atoms with E-state index in [1.54, 1.807) is 18.5 Å². The lowest BCUT2D eigenvalue weighted by Gasteiger charge is -2.30. The molecule has 0 saturated carbocycles. The van der Waals surface area contributed by atoms with Crippen molar-refractivity contribution in [2.75, 3.05) is 13.1 Å². The standard InChI is InChI=1S/C16H19ClFN3/c1-2-21(11-12-3-5-20-6-4-12)16(10-19)13-7-14(17)9-15(18)8-13/h3-9,16H,2,10-11,19H2,1H3. The van der Waals surface area contributed by atoms with E-state index < -0.39 is 0 Å². The summed E-state index contributed by atoms with van der Waals surface area (Å²) in [5, 5.41) is 0.392. The first kappa shape index (κ1) is 15.9. The first-order valence-electron chi connectivity index (χ1n) is 6.93. The molecule has 0 bridgehead atoms. The van der Waals surface area contributed by atoms with E-state index in [0.29, 0.717) is 11.6 Å². The fraction of sp³-hybridized carbons (Fsp3) is 0.312. The topological polar surface area (TPSA) is 42.2 Å². The number of hydrogen-bond donors (Lipinski definition) is 1. The van der Waals surface area contributed by atoms with Crippen LogP contribution in [0, 0.1) is 5.82 Å². The lowest BCUT2D eigenvalue weighted by atomic mass is 10.0. The fourth-order valence-electron chi connectivity index (χ4n) is 2.43. The summed E-state index contributed by atoms with van der Waals surface area (Å²) < 4.78 is 13.6. The molecule has 5 heteroatoms. The quantitative estimate of drug-likeness (QED) is 0.889. The molecule has 0 spiro atoms. The van der Waals surface area contributed by atoms with E-state index in [0.717, 1.165) is 24.2 Å². The van der Waals surface area contributed by atoms with Crippen LogP contribution in [0.1, 0.15) is 24.1 Å². The lowest BCUT2D eigenvalue weighted by Crippen LogP contribution is -2.33. The third kappa shape index (κ3) is 4.24. The van der Waals surface area contributed by atoms with Crippen LogP contribution in [0.3, 0.4) is 0 Å². The van der Waals surface area contributed by atoms with Gasteiger partial charge in [0, 0.05) is 36.5 Å². The van der Waals surface area contributed by atoms with Crippen molar-refractivity contribution in [3.63, 3.8) is 0 Å². The van der Waals surface area contributed by atoms with Crippen LogP contribution in [0.4, 0.5) is 4.39 Å². The van der Waals surface area contributed by atoms with Gasteiger partial charge in [-0.1, -0.05) is 18.5 Å². The first-order valence-corrected chi connectivity index (χ1v) is 7.30. The number of pyridine rings is 1. The molecule has 1 unspecified atom stereocenters. The van der Waals surface area contributed by atoms with Crippen LogP contribution >= 0.6 is 11.6 Å². The van der Waals surface area contributed by atoms with Crippen molar-refractivity contribution in [1.29, 1.82) is 0 Å². The molecule has 0 amide bonds. The van der Waals surface area contributed by atoms with Crippen LogP contribution in [0.5, 0.6) is 0 Å². The minimum Gasteiger partial charge on any atom is -0.329 e. The van der Waals surface area contributed by atoms with Crippen LogP contribution in [0.25, 0.3) is 0 Å². The van der Waals surface area contributed by atoms with Crippen molar-refractivity contribution in [2.24, 2.45) is 5.73 Å². The van der Waals surface area contributed by atoms with E-state index in [-0.39, 0.29) is 11.9 Å². The molecule has 1 aromatic carbocycles. The highest BCUT2D eigenvalue weighted by Crippen LogP contribution is 2.25. The van der Waals surface area contributed by atoms with E-state index in [2.05, 4.69) is 16.8 Å². The number of nitrogens with two attached hydrogens (primary N) is 1. The van der Waals surface area contributed by atoms with Crippen LogP contribution in [-0.2, 0) is 6.54 Å². The van der Waals surface area contributed by atoms with Gasteiger partial charge >= 0.3 is 0 Å². The Labute approximate surface area is 129 Å². The SMILES string of the molecule is CCN(Cc1ccncc1)C(CN)c1cc(F)cc(Cl)c1. The van der Waals surface area contributed by atoms with Gasteiger partial charge in [0.05, 0.1) is 0 Å². The molecule has 112 valence electrons. The molecule has 1 atom stereocenters. The van der Waals surface area contributed by atoms with Gasteiger partial charge in [-0.05, 0) is 48.0 Å². The maximum Gasteiger partial charge on any atom is 0.125 e. The summed E-state index contributed by atoms with van der Waals surface area (Å²) in [6, 6.07) is 8.44. The van der Waals surface area contributed by atoms with Crippen molar-refractivity contribution < 1.29 is 4.39 Å². The molecule has 0 aliphatic carbocycles. The smallest absolute Gasteiger partial charge is 0.125 e. The van der Waals surface area contributed by atoms with Crippen molar-refractivity contribution in [2.45, 2.75) is 19.5 Å². The van der Waals surface area contributed by atoms with E-state index >= 15 is 0 Å². The first-order chi connectivity index (χ1) is 10.1. The van der Waals surface area contributed by atoms with E-state index in [9.17, 15) is 4.39 Å². The summed E-state index contributed by atoms with van der Waals surface area (Å²) in [5.41, 5.74) is 7.87. The Balaban J connectivity index is 2.24. The summed E-state index contributed by atoms with van der Waals surface area (Å²) in [4.78, 5) is 6.21. The van der Waals surface area contributed by atoms with E-state index in [1.165, 1.54) is 12.1 Å². The molecule has 0 fully saturated rings. The second-order valence-electron chi connectivity index (χ2n) is 4.87. The molecule has 2 aromatic rings. The molecule has 2 N–H and O–H groups in total. The highest BCUT2D eigenvalue weighted by Gasteiger charge is 2.19. The average Bonchev–Trinajstić information content (AvgIpc) is 2.47. The number of aromatic nitrogens is 1. The Morgan fingerprint density at radius 1 is 1.29 bits per heavy atom. The van der Waals surface area contributed by atoms with E-state index in [1.807, 2.05) is 12.1 Å². The molecule has 1 aromatic heterocycles. The normalized spacial score (nSPS) is 12.6. The van der Waals surface area contributed by atoms with Crippen LogP contribution in [-0.4, -0.2) is 23.0 Å². The van der Waals surface area contributed by atoms with Gasteiger partial charge in [-0.15, -0.1) is 0 Å².